The molecule has 0 spiro atoms. The molecule has 0 aromatic heterocycles. The molecular formula is C14H27N3. The molecule has 3 saturated heterocycles. The second kappa shape index (κ2) is 4.87. The zero-order valence-electron chi connectivity index (χ0n) is 11.1. The average molecular weight is 237 g/mol. The summed E-state index contributed by atoms with van der Waals surface area (Å²) in [5, 5.41) is 0. The molecule has 5 unspecified atom stereocenters. The van der Waals surface area contributed by atoms with Crippen LogP contribution < -0.4 is 5.73 Å². The SMILES string of the molecule is CC1CCCC(CN)N1C1CCN2CCC1C2. The Morgan fingerprint density at radius 1 is 1.12 bits per heavy atom. The lowest BCUT2D eigenvalue weighted by molar-refractivity contribution is 0.00600. The Hall–Kier alpha value is -0.120. The Morgan fingerprint density at radius 3 is 2.76 bits per heavy atom. The number of piperidine rings is 2. The third-order valence-corrected chi connectivity index (χ3v) is 5.34. The molecule has 0 aromatic rings. The molecule has 3 aliphatic rings. The number of hydrogen-bond acceptors (Lipinski definition) is 3. The van der Waals surface area contributed by atoms with Crippen molar-refractivity contribution >= 4 is 0 Å². The number of nitrogens with two attached hydrogens (primary N) is 1. The molecule has 0 saturated carbocycles. The van der Waals surface area contributed by atoms with Crippen LogP contribution in [0, 0.1) is 5.92 Å². The Balaban J connectivity index is 1.75. The molecule has 2 N–H and O–H groups in total. The summed E-state index contributed by atoms with van der Waals surface area (Å²) in [7, 11) is 0. The summed E-state index contributed by atoms with van der Waals surface area (Å²) >= 11 is 0. The van der Waals surface area contributed by atoms with E-state index in [0.29, 0.717) is 6.04 Å². The van der Waals surface area contributed by atoms with E-state index in [-0.39, 0.29) is 0 Å². The van der Waals surface area contributed by atoms with E-state index in [1.165, 1.54) is 51.7 Å². The number of nitrogens with zero attached hydrogens (tertiary/aromatic N) is 2. The number of hydrogen-bond donors (Lipinski definition) is 1. The van der Waals surface area contributed by atoms with Crippen molar-refractivity contribution in [3.8, 4) is 0 Å². The van der Waals surface area contributed by atoms with Gasteiger partial charge in [-0.1, -0.05) is 6.42 Å². The van der Waals surface area contributed by atoms with Crippen LogP contribution in [-0.2, 0) is 0 Å². The summed E-state index contributed by atoms with van der Waals surface area (Å²) in [6, 6.07) is 2.25. The van der Waals surface area contributed by atoms with Gasteiger partial charge in [0.2, 0.25) is 0 Å². The van der Waals surface area contributed by atoms with Crippen LogP contribution in [0.5, 0.6) is 0 Å². The highest BCUT2D eigenvalue weighted by Crippen LogP contribution is 2.35. The average Bonchev–Trinajstić information content (AvgIpc) is 2.72. The van der Waals surface area contributed by atoms with E-state index in [4.69, 9.17) is 5.73 Å². The fraction of sp³-hybridized carbons (Fsp3) is 1.00. The maximum atomic E-state index is 6.01. The van der Waals surface area contributed by atoms with E-state index in [0.717, 1.165) is 24.5 Å². The van der Waals surface area contributed by atoms with E-state index >= 15 is 0 Å². The van der Waals surface area contributed by atoms with Crippen LogP contribution in [0.25, 0.3) is 0 Å². The van der Waals surface area contributed by atoms with E-state index in [1.54, 1.807) is 0 Å². The van der Waals surface area contributed by atoms with Gasteiger partial charge in [0, 0.05) is 31.2 Å². The van der Waals surface area contributed by atoms with Crippen LogP contribution in [0.3, 0.4) is 0 Å². The molecular weight excluding hydrogens is 210 g/mol. The fourth-order valence-corrected chi connectivity index (χ4v) is 4.47. The minimum Gasteiger partial charge on any atom is -0.329 e. The quantitative estimate of drug-likeness (QED) is 0.785. The minimum absolute atomic E-state index is 0.663. The van der Waals surface area contributed by atoms with Crippen LogP contribution in [0.15, 0.2) is 0 Å². The minimum atomic E-state index is 0.663. The second-order valence-electron chi connectivity index (χ2n) is 6.32. The first kappa shape index (κ1) is 11.9. The Labute approximate surface area is 105 Å². The molecule has 98 valence electrons. The molecule has 2 bridgehead atoms. The normalized spacial score (nSPS) is 47.3. The molecule has 0 amide bonds. The highest BCUT2D eigenvalue weighted by molar-refractivity contribution is 4.97. The highest BCUT2D eigenvalue weighted by atomic mass is 15.3. The monoisotopic (exact) mass is 237 g/mol. The van der Waals surface area contributed by atoms with E-state index in [9.17, 15) is 0 Å². The zero-order chi connectivity index (χ0) is 11.8. The van der Waals surface area contributed by atoms with Gasteiger partial charge in [0.25, 0.3) is 0 Å². The molecule has 3 heterocycles. The Bertz CT molecular complexity index is 268. The molecule has 0 radical (unpaired) electrons. The van der Waals surface area contributed by atoms with Crippen LogP contribution in [0.2, 0.25) is 0 Å². The van der Waals surface area contributed by atoms with Crippen molar-refractivity contribution < 1.29 is 0 Å². The highest BCUT2D eigenvalue weighted by Gasteiger charge is 2.41. The summed E-state index contributed by atoms with van der Waals surface area (Å²) in [4.78, 5) is 5.46. The van der Waals surface area contributed by atoms with E-state index in [1.807, 2.05) is 0 Å². The van der Waals surface area contributed by atoms with Gasteiger partial charge in [-0.25, -0.2) is 0 Å². The van der Waals surface area contributed by atoms with Crippen LogP contribution >= 0.6 is 0 Å². The van der Waals surface area contributed by atoms with Crippen molar-refractivity contribution in [1.82, 2.24) is 9.80 Å². The lowest BCUT2D eigenvalue weighted by Gasteiger charge is -2.48. The van der Waals surface area contributed by atoms with Crippen molar-refractivity contribution in [3.05, 3.63) is 0 Å². The maximum absolute atomic E-state index is 6.01. The van der Waals surface area contributed by atoms with Gasteiger partial charge < -0.3 is 10.6 Å². The largest absolute Gasteiger partial charge is 0.329 e. The van der Waals surface area contributed by atoms with Crippen molar-refractivity contribution in [2.45, 2.75) is 57.2 Å². The molecule has 5 atom stereocenters. The summed E-state index contributed by atoms with van der Waals surface area (Å²) in [5.74, 6) is 0.929. The van der Waals surface area contributed by atoms with Gasteiger partial charge in [0.15, 0.2) is 0 Å². The lowest BCUT2D eigenvalue weighted by atomic mass is 9.86. The Kier molecular flexibility index (Phi) is 3.42. The van der Waals surface area contributed by atoms with Crippen molar-refractivity contribution in [3.63, 3.8) is 0 Å². The van der Waals surface area contributed by atoms with Gasteiger partial charge >= 0.3 is 0 Å². The molecule has 0 aliphatic carbocycles. The van der Waals surface area contributed by atoms with Crippen LogP contribution in [-0.4, -0.2) is 54.1 Å². The summed E-state index contributed by atoms with van der Waals surface area (Å²) in [6.07, 6.45) is 6.89. The van der Waals surface area contributed by atoms with Gasteiger partial charge in [-0.05, 0) is 51.6 Å². The summed E-state index contributed by atoms with van der Waals surface area (Å²) in [6.45, 7) is 7.30. The smallest absolute Gasteiger partial charge is 0.0224 e. The van der Waals surface area contributed by atoms with Crippen molar-refractivity contribution in [1.29, 1.82) is 0 Å². The van der Waals surface area contributed by atoms with Crippen LogP contribution in [0.1, 0.15) is 39.0 Å². The molecule has 3 rings (SSSR count). The third kappa shape index (κ3) is 2.13. The zero-order valence-corrected chi connectivity index (χ0v) is 11.1. The molecule has 0 aromatic carbocycles. The van der Waals surface area contributed by atoms with Crippen molar-refractivity contribution in [2.75, 3.05) is 26.2 Å². The predicted molar refractivity (Wildman–Crippen MR) is 70.9 cm³/mol. The first-order valence-electron chi connectivity index (χ1n) is 7.49. The molecule has 3 nitrogen and oxygen atoms in total. The second-order valence-corrected chi connectivity index (χ2v) is 6.32. The topological polar surface area (TPSA) is 32.5 Å². The van der Waals surface area contributed by atoms with E-state index in [2.05, 4.69) is 16.7 Å². The number of likely N-dealkylation sites (tertiary alicyclic amines) is 1. The fourth-order valence-electron chi connectivity index (χ4n) is 4.47. The van der Waals surface area contributed by atoms with E-state index < -0.39 is 0 Å². The first-order valence-corrected chi connectivity index (χ1v) is 7.49. The van der Waals surface area contributed by atoms with Gasteiger partial charge in [-0.3, -0.25) is 4.90 Å². The van der Waals surface area contributed by atoms with Gasteiger partial charge in [0.05, 0.1) is 0 Å². The maximum Gasteiger partial charge on any atom is 0.0224 e. The summed E-state index contributed by atoms with van der Waals surface area (Å²) in [5.41, 5.74) is 6.01. The molecule has 17 heavy (non-hydrogen) atoms. The van der Waals surface area contributed by atoms with Crippen LogP contribution in [0.4, 0.5) is 0 Å². The van der Waals surface area contributed by atoms with Gasteiger partial charge in [0.1, 0.15) is 0 Å². The number of fused-ring (bicyclic) bond motifs is 2. The molecule has 3 aliphatic heterocycles. The first-order chi connectivity index (χ1) is 8.29. The summed E-state index contributed by atoms with van der Waals surface area (Å²) < 4.78 is 0. The van der Waals surface area contributed by atoms with Crippen molar-refractivity contribution in [2.24, 2.45) is 11.7 Å². The third-order valence-electron chi connectivity index (χ3n) is 5.34. The standard InChI is InChI=1S/C14H27N3/c1-11-3-2-4-13(9-15)17(11)14-6-8-16-7-5-12(14)10-16/h11-14H,2-10,15H2,1H3. The lowest BCUT2D eigenvalue weighted by Crippen LogP contribution is -2.57. The predicted octanol–water partition coefficient (Wildman–Crippen LogP) is 1.28. The number of rotatable bonds is 2. The molecule has 3 heteroatoms. The molecule has 3 fully saturated rings. The van der Waals surface area contributed by atoms with Gasteiger partial charge in [-0.2, -0.15) is 0 Å². The van der Waals surface area contributed by atoms with Gasteiger partial charge in [-0.15, -0.1) is 0 Å². The Morgan fingerprint density at radius 2 is 1.94 bits per heavy atom.